The maximum Gasteiger partial charge on any atom is 0.328 e. The van der Waals surface area contributed by atoms with Crippen LogP contribution in [0, 0.1) is 6.92 Å². The number of amides is 1. The Labute approximate surface area is 172 Å². The Balaban J connectivity index is 1.41. The number of rotatable bonds is 8. The van der Waals surface area contributed by atoms with Gasteiger partial charge in [0.25, 0.3) is 0 Å². The van der Waals surface area contributed by atoms with Crippen LogP contribution in [0.4, 0.5) is 0 Å². The van der Waals surface area contributed by atoms with Crippen molar-refractivity contribution in [1.29, 1.82) is 0 Å². The lowest BCUT2D eigenvalue weighted by molar-refractivity contribution is -0.144. The average Bonchev–Trinajstić information content (AvgIpc) is 3.38. The standard InChI is InChI=1S/C20H23N5O3S/c1-12-23-24-20(25(12)14-7-8-14)29-11-18(26)22-17(19(27)28-2)9-13-10-21-16-6-4-3-5-15(13)16/h3-6,10,14,17,21H,7-9,11H2,1-2H3,(H,22,26)/t17-/m0/s1. The van der Waals surface area contributed by atoms with Crippen LogP contribution in [0.1, 0.15) is 30.3 Å². The first-order valence-corrected chi connectivity index (χ1v) is 10.5. The van der Waals surface area contributed by atoms with Gasteiger partial charge < -0.3 is 19.6 Å². The summed E-state index contributed by atoms with van der Waals surface area (Å²) in [6, 6.07) is 7.54. The first-order valence-electron chi connectivity index (χ1n) is 9.53. The summed E-state index contributed by atoms with van der Waals surface area (Å²) in [5, 5.41) is 12.9. The number of carbonyl (C=O) groups excluding carboxylic acids is 2. The van der Waals surface area contributed by atoms with Gasteiger partial charge in [-0.15, -0.1) is 10.2 Å². The zero-order valence-electron chi connectivity index (χ0n) is 16.3. The Bertz CT molecular complexity index is 1040. The molecule has 0 radical (unpaired) electrons. The summed E-state index contributed by atoms with van der Waals surface area (Å²) < 4.78 is 6.99. The zero-order valence-corrected chi connectivity index (χ0v) is 17.2. The highest BCUT2D eigenvalue weighted by molar-refractivity contribution is 7.99. The third kappa shape index (κ3) is 4.29. The Morgan fingerprint density at radius 3 is 2.90 bits per heavy atom. The van der Waals surface area contributed by atoms with Crippen molar-refractivity contribution in [3.63, 3.8) is 0 Å². The largest absolute Gasteiger partial charge is 0.467 e. The number of thioether (sulfide) groups is 1. The number of hydrogen-bond donors (Lipinski definition) is 2. The van der Waals surface area contributed by atoms with E-state index in [-0.39, 0.29) is 11.7 Å². The Morgan fingerprint density at radius 2 is 2.14 bits per heavy atom. The molecule has 1 fully saturated rings. The van der Waals surface area contributed by atoms with Gasteiger partial charge in [-0.25, -0.2) is 4.79 Å². The van der Waals surface area contributed by atoms with E-state index >= 15 is 0 Å². The lowest BCUT2D eigenvalue weighted by Crippen LogP contribution is -2.43. The molecule has 0 aliphatic heterocycles. The van der Waals surface area contributed by atoms with Gasteiger partial charge in [0.1, 0.15) is 11.9 Å². The molecule has 2 N–H and O–H groups in total. The molecular weight excluding hydrogens is 390 g/mol. The van der Waals surface area contributed by atoms with E-state index in [1.54, 1.807) is 0 Å². The quantitative estimate of drug-likeness (QED) is 0.434. The normalized spacial score (nSPS) is 14.7. The van der Waals surface area contributed by atoms with Crippen molar-refractivity contribution in [2.75, 3.05) is 12.9 Å². The van der Waals surface area contributed by atoms with Gasteiger partial charge in [0.15, 0.2) is 5.16 Å². The number of carbonyl (C=O) groups is 2. The maximum atomic E-state index is 12.5. The van der Waals surface area contributed by atoms with E-state index < -0.39 is 12.0 Å². The first-order chi connectivity index (χ1) is 14.1. The molecule has 8 nitrogen and oxygen atoms in total. The molecule has 0 unspecified atom stereocenters. The van der Waals surface area contributed by atoms with Crippen LogP contribution >= 0.6 is 11.8 Å². The number of nitrogens with one attached hydrogen (secondary N) is 2. The highest BCUT2D eigenvalue weighted by Gasteiger charge is 2.29. The van der Waals surface area contributed by atoms with E-state index in [1.165, 1.54) is 18.9 Å². The summed E-state index contributed by atoms with van der Waals surface area (Å²) in [4.78, 5) is 28.0. The van der Waals surface area contributed by atoms with Crippen LogP contribution in [0.3, 0.4) is 0 Å². The van der Waals surface area contributed by atoms with E-state index in [9.17, 15) is 9.59 Å². The Morgan fingerprint density at radius 1 is 1.34 bits per heavy atom. The minimum Gasteiger partial charge on any atom is -0.467 e. The molecule has 2 aromatic heterocycles. The number of hydrogen-bond acceptors (Lipinski definition) is 6. The minimum atomic E-state index is -0.754. The number of aromatic amines is 1. The molecule has 1 saturated carbocycles. The van der Waals surface area contributed by atoms with Gasteiger partial charge in [-0.1, -0.05) is 30.0 Å². The van der Waals surface area contributed by atoms with Crippen LogP contribution in [0.5, 0.6) is 0 Å². The molecule has 1 amide bonds. The molecule has 9 heteroatoms. The lowest BCUT2D eigenvalue weighted by atomic mass is 10.0. The topological polar surface area (TPSA) is 102 Å². The van der Waals surface area contributed by atoms with E-state index in [0.29, 0.717) is 12.5 Å². The number of aromatic nitrogens is 4. The monoisotopic (exact) mass is 413 g/mol. The van der Waals surface area contributed by atoms with Crippen molar-refractivity contribution >= 4 is 34.5 Å². The molecule has 29 heavy (non-hydrogen) atoms. The number of para-hydroxylation sites is 1. The second-order valence-corrected chi connectivity index (χ2v) is 8.07. The van der Waals surface area contributed by atoms with Crippen LogP contribution < -0.4 is 5.32 Å². The second kappa shape index (κ2) is 8.28. The molecule has 0 bridgehead atoms. The molecule has 4 rings (SSSR count). The maximum absolute atomic E-state index is 12.5. The average molecular weight is 414 g/mol. The Hall–Kier alpha value is -2.81. The van der Waals surface area contributed by atoms with Crippen molar-refractivity contribution in [2.24, 2.45) is 0 Å². The van der Waals surface area contributed by atoms with Gasteiger partial charge in [-0.2, -0.15) is 0 Å². The molecule has 1 aliphatic carbocycles. The Kier molecular flexibility index (Phi) is 5.57. The smallest absolute Gasteiger partial charge is 0.328 e. The number of methoxy groups -OCH3 is 1. The number of nitrogens with zero attached hydrogens (tertiary/aromatic N) is 3. The minimum absolute atomic E-state index is 0.159. The predicted molar refractivity (Wildman–Crippen MR) is 110 cm³/mol. The van der Waals surface area contributed by atoms with E-state index in [0.717, 1.165) is 40.3 Å². The molecule has 3 aromatic rings. The van der Waals surface area contributed by atoms with Gasteiger partial charge >= 0.3 is 5.97 Å². The molecule has 0 spiro atoms. The van der Waals surface area contributed by atoms with Crippen LogP contribution in [-0.4, -0.2) is 50.5 Å². The van der Waals surface area contributed by atoms with Crippen molar-refractivity contribution < 1.29 is 14.3 Å². The second-order valence-electron chi connectivity index (χ2n) is 7.13. The van der Waals surface area contributed by atoms with Crippen molar-refractivity contribution in [2.45, 2.75) is 43.4 Å². The highest BCUT2D eigenvalue weighted by Crippen LogP contribution is 2.38. The molecule has 1 aliphatic rings. The fourth-order valence-electron chi connectivity index (χ4n) is 3.42. The molecule has 1 atom stereocenters. The molecule has 0 saturated heterocycles. The fourth-order valence-corrected chi connectivity index (χ4v) is 4.29. The third-order valence-electron chi connectivity index (χ3n) is 5.00. The van der Waals surface area contributed by atoms with Crippen molar-refractivity contribution in [1.82, 2.24) is 25.1 Å². The van der Waals surface area contributed by atoms with E-state index in [1.807, 2.05) is 37.4 Å². The first kappa shape index (κ1) is 19.5. The van der Waals surface area contributed by atoms with Gasteiger partial charge in [0, 0.05) is 29.6 Å². The zero-order chi connectivity index (χ0) is 20.4. The van der Waals surface area contributed by atoms with E-state index in [2.05, 4.69) is 25.1 Å². The number of aryl methyl sites for hydroxylation is 1. The van der Waals surface area contributed by atoms with Gasteiger partial charge in [0.05, 0.1) is 12.9 Å². The van der Waals surface area contributed by atoms with Crippen molar-refractivity contribution in [3.05, 3.63) is 41.9 Å². The summed E-state index contributed by atoms with van der Waals surface area (Å²) in [6.45, 7) is 1.92. The number of benzene rings is 1. The van der Waals surface area contributed by atoms with Crippen LogP contribution in [0.15, 0.2) is 35.6 Å². The fraction of sp³-hybridized carbons (Fsp3) is 0.400. The predicted octanol–water partition coefficient (Wildman–Crippen LogP) is 2.40. The summed E-state index contributed by atoms with van der Waals surface area (Å²) in [5.74, 6) is 0.313. The van der Waals surface area contributed by atoms with Crippen LogP contribution in [0.25, 0.3) is 10.9 Å². The van der Waals surface area contributed by atoms with E-state index in [4.69, 9.17) is 4.74 Å². The van der Waals surface area contributed by atoms with Crippen molar-refractivity contribution in [3.8, 4) is 0 Å². The molecule has 2 heterocycles. The van der Waals surface area contributed by atoms with Gasteiger partial charge in [-0.05, 0) is 31.4 Å². The summed E-state index contributed by atoms with van der Waals surface area (Å²) >= 11 is 1.34. The SMILES string of the molecule is COC(=O)[C@H](Cc1c[nH]c2ccccc12)NC(=O)CSc1nnc(C)n1C1CC1. The van der Waals surface area contributed by atoms with Gasteiger partial charge in [0.2, 0.25) is 5.91 Å². The summed E-state index contributed by atoms with van der Waals surface area (Å²) in [5.41, 5.74) is 1.94. The summed E-state index contributed by atoms with van der Waals surface area (Å²) in [7, 11) is 1.33. The number of ether oxygens (including phenoxy) is 1. The molecule has 152 valence electrons. The molecule has 1 aromatic carbocycles. The van der Waals surface area contributed by atoms with Gasteiger partial charge in [-0.3, -0.25) is 4.79 Å². The third-order valence-corrected chi connectivity index (χ3v) is 5.94. The van der Waals surface area contributed by atoms with Crippen LogP contribution in [-0.2, 0) is 20.7 Å². The lowest BCUT2D eigenvalue weighted by Gasteiger charge is -2.16. The number of H-pyrrole nitrogens is 1. The number of esters is 1. The summed E-state index contributed by atoms with van der Waals surface area (Å²) in [6.07, 6.45) is 4.45. The van der Waals surface area contributed by atoms with Crippen LogP contribution in [0.2, 0.25) is 0 Å². The highest BCUT2D eigenvalue weighted by atomic mass is 32.2. The molecular formula is C20H23N5O3S. The number of fused-ring (bicyclic) bond motifs is 1.